The number of rotatable bonds is 2. The number of aromatic nitrogens is 2. The lowest BCUT2D eigenvalue weighted by atomic mass is 10.2. The van der Waals surface area contributed by atoms with Gasteiger partial charge in [-0.05, 0) is 30.3 Å². The number of hydrogen-bond donors (Lipinski definition) is 0. The topological polar surface area (TPSA) is 43.6 Å². The van der Waals surface area contributed by atoms with E-state index in [2.05, 4.69) is 4.98 Å². The van der Waals surface area contributed by atoms with E-state index in [0.717, 1.165) is 5.56 Å². The van der Waals surface area contributed by atoms with Crippen LogP contribution in [0.25, 0.3) is 16.9 Å². The minimum atomic E-state index is -0.392. The fourth-order valence-corrected chi connectivity index (χ4v) is 2.56. The van der Waals surface area contributed by atoms with Gasteiger partial charge in [0.15, 0.2) is 0 Å². The fourth-order valence-electron chi connectivity index (χ4n) is 2.06. The standard InChI is InChI=1S/C15H10Cl2N2O2/c1-21-15(20)9-2-5-14-18-13(8-19(14)7-9)11-4-3-10(16)6-12(11)17/h2-8H,1H3. The van der Waals surface area contributed by atoms with Gasteiger partial charge in [-0.15, -0.1) is 0 Å². The first kappa shape index (κ1) is 13.9. The van der Waals surface area contributed by atoms with Gasteiger partial charge in [-0.2, -0.15) is 0 Å². The zero-order chi connectivity index (χ0) is 15.0. The Labute approximate surface area is 130 Å². The molecule has 0 saturated heterocycles. The highest BCUT2D eigenvalue weighted by Crippen LogP contribution is 2.29. The van der Waals surface area contributed by atoms with Gasteiger partial charge >= 0.3 is 5.97 Å². The normalized spacial score (nSPS) is 10.8. The first-order chi connectivity index (χ1) is 10.1. The second-order valence-electron chi connectivity index (χ2n) is 4.43. The van der Waals surface area contributed by atoms with Crippen molar-refractivity contribution in [3.63, 3.8) is 0 Å². The van der Waals surface area contributed by atoms with Crippen LogP contribution in [0.3, 0.4) is 0 Å². The van der Waals surface area contributed by atoms with Crippen molar-refractivity contribution in [3.05, 3.63) is 58.3 Å². The van der Waals surface area contributed by atoms with E-state index in [0.29, 0.717) is 26.9 Å². The molecule has 4 nitrogen and oxygen atoms in total. The van der Waals surface area contributed by atoms with E-state index in [-0.39, 0.29) is 0 Å². The molecule has 3 rings (SSSR count). The Morgan fingerprint density at radius 3 is 2.71 bits per heavy atom. The lowest BCUT2D eigenvalue weighted by Crippen LogP contribution is -2.02. The van der Waals surface area contributed by atoms with Crippen molar-refractivity contribution < 1.29 is 9.53 Å². The highest BCUT2D eigenvalue weighted by atomic mass is 35.5. The fraction of sp³-hybridized carbons (Fsp3) is 0.0667. The van der Waals surface area contributed by atoms with Crippen LogP contribution in [0, 0.1) is 0 Å². The number of carbonyl (C=O) groups is 1. The Hall–Kier alpha value is -2.04. The molecular weight excluding hydrogens is 311 g/mol. The van der Waals surface area contributed by atoms with Gasteiger partial charge < -0.3 is 9.14 Å². The van der Waals surface area contributed by atoms with Crippen LogP contribution in [0.4, 0.5) is 0 Å². The van der Waals surface area contributed by atoms with Crippen molar-refractivity contribution in [1.29, 1.82) is 0 Å². The Balaban J connectivity index is 2.10. The maximum absolute atomic E-state index is 11.5. The van der Waals surface area contributed by atoms with Gasteiger partial charge in [-0.3, -0.25) is 0 Å². The predicted molar refractivity (Wildman–Crippen MR) is 82.0 cm³/mol. The minimum Gasteiger partial charge on any atom is -0.465 e. The maximum atomic E-state index is 11.5. The third-order valence-corrected chi connectivity index (χ3v) is 3.63. The molecule has 0 N–H and O–H groups in total. The summed E-state index contributed by atoms with van der Waals surface area (Å²) in [5, 5.41) is 1.10. The van der Waals surface area contributed by atoms with Gasteiger partial charge in [0.1, 0.15) is 5.65 Å². The van der Waals surface area contributed by atoms with Crippen molar-refractivity contribution in [3.8, 4) is 11.3 Å². The Morgan fingerprint density at radius 1 is 1.19 bits per heavy atom. The number of imidazole rings is 1. The van der Waals surface area contributed by atoms with Crippen LogP contribution in [-0.4, -0.2) is 22.5 Å². The molecule has 0 atom stereocenters. The number of benzene rings is 1. The van der Waals surface area contributed by atoms with Crippen molar-refractivity contribution in [2.45, 2.75) is 0 Å². The molecule has 21 heavy (non-hydrogen) atoms. The molecule has 0 spiro atoms. The van der Waals surface area contributed by atoms with E-state index in [1.54, 1.807) is 41.1 Å². The van der Waals surface area contributed by atoms with E-state index >= 15 is 0 Å². The van der Waals surface area contributed by atoms with Crippen molar-refractivity contribution in [2.24, 2.45) is 0 Å². The molecule has 0 unspecified atom stereocenters. The summed E-state index contributed by atoms with van der Waals surface area (Å²) in [6, 6.07) is 8.66. The number of fused-ring (bicyclic) bond motifs is 1. The average molecular weight is 321 g/mol. The molecule has 0 aliphatic carbocycles. The van der Waals surface area contributed by atoms with Crippen LogP contribution in [0.5, 0.6) is 0 Å². The van der Waals surface area contributed by atoms with Crippen LogP contribution in [0.2, 0.25) is 10.0 Å². The summed E-state index contributed by atoms with van der Waals surface area (Å²) >= 11 is 12.1. The van der Waals surface area contributed by atoms with Crippen molar-refractivity contribution in [2.75, 3.05) is 7.11 Å². The average Bonchev–Trinajstić information content (AvgIpc) is 2.88. The monoisotopic (exact) mass is 320 g/mol. The van der Waals surface area contributed by atoms with E-state index in [4.69, 9.17) is 27.9 Å². The van der Waals surface area contributed by atoms with Gasteiger partial charge in [0.2, 0.25) is 0 Å². The van der Waals surface area contributed by atoms with E-state index < -0.39 is 5.97 Å². The zero-order valence-corrected chi connectivity index (χ0v) is 12.5. The number of nitrogens with zero attached hydrogens (tertiary/aromatic N) is 2. The molecule has 0 radical (unpaired) electrons. The van der Waals surface area contributed by atoms with Crippen LogP contribution in [0.15, 0.2) is 42.7 Å². The van der Waals surface area contributed by atoms with Gasteiger partial charge in [-0.1, -0.05) is 23.2 Å². The third kappa shape index (κ3) is 2.60. The number of ether oxygens (including phenoxy) is 1. The SMILES string of the molecule is COC(=O)c1ccc2nc(-c3ccc(Cl)cc3Cl)cn2c1. The van der Waals surface area contributed by atoms with Crippen LogP contribution >= 0.6 is 23.2 Å². The molecule has 3 aromatic rings. The third-order valence-electron chi connectivity index (χ3n) is 3.08. The van der Waals surface area contributed by atoms with Crippen LogP contribution < -0.4 is 0 Å². The molecule has 2 heterocycles. The summed E-state index contributed by atoms with van der Waals surface area (Å²) in [4.78, 5) is 16.0. The highest BCUT2D eigenvalue weighted by molar-refractivity contribution is 6.36. The van der Waals surface area contributed by atoms with Gasteiger partial charge in [0.25, 0.3) is 0 Å². The van der Waals surface area contributed by atoms with Gasteiger partial charge in [-0.25, -0.2) is 9.78 Å². The molecular formula is C15H10Cl2N2O2. The van der Waals surface area contributed by atoms with Gasteiger partial charge in [0, 0.05) is 23.0 Å². The number of methoxy groups -OCH3 is 1. The molecule has 0 amide bonds. The first-order valence-corrected chi connectivity index (χ1v) is 6.86. The van der Waals surface area contributed by atoms with Gasteiger partial charge in [0.05, 0.1) is 23.4 Å². The van der Waals surface area contributed by atoms with Crippen molar-refractivity contribution in [1.82, 2.24) is 9.38 Å². The number of esters is 1. The Kier molecular flexibility index (Phi) is 3.57. The van der Waals surface area contributed by atoms with Crippen molar-refractivity contribution >= 4 is 34.8 Å². The predicted octanol–water partition coefficient (Wildman–Crippen LogP) is 4.09. The number of hydrogen-bond acceptors (Lipinski definition) is 3. The summed E-state index contributed by atoms with van der Waals surface area (Å²) in [5.41, 5.74) is 2.66. The Morgan fingerprint density at radius 2 is 2.00 bits per heavy atom. The molecule has 0 saturated carbocycles. The molecule has 0 aliphatic heterocycles. The zero-order valence-electron chi connectivity index (χ0n) is 11.0. The number of halogens is 2. The largest absolute Gasteiger partial charge is 0.465 e. The summed E-state index contributed by atoms with van der Waals surface area (Å²) in [6.45, 7) is 0. The lowest BCUT2D eigenvalue weighted by Gasteiger charge is -2.00. The van der Waals surface area contributed by atoms with Crippen LogP contribution in [-0.2, 0) is 4.74 Å². The highest BCUT2D eigenvalue weighted by Gasteiger charge is 2.11. The molecule has 0 aliphatic rings. The number of carbonyl (C=O) groups excluding carboxylic acids is 1. The molecule has 6 heteroatoms. The summed E-state index contributed by atoms with van der Waals surface area (Å²) in [7, 11) is 1.35. The second kappa shape index (κ2) is 5.39. The molecule has 1 aromatic carbocycles. The summed E-state index contributed by atoms with van der Waals surface area (Å²) < 4.78 is 6.46. The lowest BCUT2D eigenvalue weighted by molar-refractivity contribution is 0.0600. The number of pyridine rings is 1. The quantitative estimate of drug-likeness (QED) is 0.668. The first-order valence-electron chi connectivity index (χ1n) is 6.11. The maximum Gasteiger partial charge on any atom is 0.339 e. The second-order valence-corrected chi connectivity index (χ2v) is 5.27. The summed E-state index contributed by atoms with van der Waals surface area (Å²) in [5.74, 6) is -0.392. The molecule has 106 valence electrons. The smallest absolute Gasteiger partial charge is 0.339 e. The molecule has 2 aromatic heterocycles. The Bertz CT molecular complexity index is 843. The minimum absolute atomic E-state index is 0.392. The van der Waals surface area contributed by atoms with E-state index in [1.165, 1.54) is 7.11 Å². The van der Waals surface area contributed by atoms with Crippen LogP contribution in [0.1, 0.15) is 10.4 Å². The molecule has 0 fully saturated rings. The summed E-state index contributed by atoms with van der Waals surface area (Å²) in [6.07, 6.45) is 3.47. The van der Waals surface area contributed by atoms with E-state index in [1.807, 2.05) is 6.07 Å². The molecule has 0 bridgehead atoms. The van der Waals surface area contributed by atoms with E-state index in [9.17, 15) is 4.79 Å².